The Kier molecular flexibility index (Phi) is 4.12. The summed E-state index contributed by atoms with van der Waals surface area (Å²) < 4.78 is 0. The van der Waals surface area contributed by atoms with Crippen LogP contribution in [0.1, 0.15) is 58.2 Å². The van der Waals surface area contributed by atoms with Crippen molar-refractivity contribution in [3.63, 3.8) is 0 Å². The van der Waals surface area contributed by atoms with Gasteiger partial charge in [-0.15, -0.1) is 11.3 Å². The normalized spacial score (nSPS) is 28.8. The Balaban J connectivity index is 1.89. The Labute approximate surface area is 115 Å². The fourth-order valence-corrected chi connectivity index (χ4v) is 3.53. The molecule has 1 fully saturated rings. The summed E-state index contributed by atoms with van der Waals surface area (Å²) in [5, 5.41) is 7.13. The summed E-state index contributed by atoms with van der Waals surface area (Å²) in [6.45, 7) is 12.3. The topological polar surface area (TPSA) is 24.9 Å². The number of nitrogens with zero attached hydrogens (tertiary/aromatic N) is 1. The molecule has 1 aliphatic carbocycles. The third kappa shape index (κ3) is 3.12. The van der Waals surface area contributed by atoms with Crippen molar-refractivity contribution in [1.29, 1.82) is 0 Å². The zero-order valence-electron chi connectivity index (χ0n) is 12.3. The summed E-state index contributed by atoms with van der Waals surface area (Å²) in [7, 11) is 0. The molecular weight excluding hydrogens is 240 g/mol. The Morgan fingerprint density at radius 1 is 1.33 bits per heavy atom. The van der Waals surface area contributed by atoms with Gasteiger partial charge in [-0.2, -0.15) is 0 Å². The summed E-state index contributed by atoms with van der Waals surface area (Å²) in [6, 6.07) is 0.680. The highest BCUT2D eigenvalue weighted by atomic mass is 32.1. The maximum Gasteiger partial charge on any atom is 0.0982 e. The first-order valence-electron chi connectivity index (χ1n) is 7.06. The first-order valence-corrected chi connectivity index (χ1v) is 7.94. The lowest BCUT2D eigenvalue weighted by molar-refractivity contribution is 0.368. The van der Waals surface area contributed by atoms with Crippen molar-refractivity contribution in [1.82, 2.24) is 10.3 Å². The van der Waals surface area contributed by atoms with Crippen molar-refractivity contribution < 1.29 is 0 Å². The average Bonchev–Trinajstić information content (AvgIpc) is 2.86. The summed E-state index contributed by atoms with van der Waals surface area (Å²) in [4.78, 5) is 4.74. The minimum atomic E-state index is 0.179. The molecule has 3 atom stereocenters. The number of rotatable bonds is 3. The van der Waals surface area contributed by atoms with Gasteiger partial charge >= 0.3 is 0 Å². The quantitative estimate of drug-likeness (QED) is 0.895. The minimum absolute atomic E-state index is 0.179. The predicted octanol–water partition coefficient (Wildman–Crippen LogP) is 3.96. The van der Waals surface area contributed by atoms with E-state index in [-0.39, 0.29) is 5.41 Å². The van der Waals surface area contributed by atoms with Gasteiger partial charge in [0.1, 0.15) is 0 Å². The van der Waals surface area contributed by atoms with Gasteiger partial charge in [-0.3, -0.25) is 0 Å². The summed E-state index contributed by atoms with van der Waals surface area (Å²) in [5.41, 5.74) is 1.38. The molecule has 0 bridgehead atoms. The number of nitrogens with one attached hydrogen (secondary N) is 1. The molecule has 0 saturated heterocycles. The molecule has 0 amide bonds. The summed E-state index contributed by atoms with van der Waals surface area (Å²) in [6.07, 6.45) is 2.68. The first-order chi connectivity index (χ1) is 8.38. The SMILES string of the molecule is CC1CCC(NCc2csc(C(C)(C)C)n2)C1C. The summed E-state index contributed by atoms with van der Waals surface area (Å²) in [5.74, 6) is 1.66. The van der Waals surface area contributed by atoms with E-state index in [0.717, 1.165) is 18.4 Å². The number of thiazole rings is 1. The van der Waals surface area contributed by atoms with Crippen molar-refractivity contribution >= 4 is 11.3 Å². The van der Waals surface area contributed by atoms with Gasteiger partial charge in [0.25, 0.3) is 0 Å². The molecule has 1 aromatic heterocycles. The first kappa shape index (κ1) is 14.0. The Morgan fingerprint density at radius 3 is 2.56 bits per heavy atom. The maximum atomic E-state index is 4.74. The Morgan fingerprint density at radius 2 is 2.06 bits per heavy atom. The molecular formula is C15H26N2S. The van der Waals surface area contributed by atoms with Gasteiger partial charge in [0.2, 0.25) is 0 Å². The van der Waals surface area contributed by atoms with Crippen LogP contribution in [0, 0.1) is 11.8 Å². The zero-order chi connectivity index (χ0) is 13.3. The van der Waals surface area contributed by atoms with E-state index in [2.05, 4.69) is 45.3 Å². The average molecular weight is 266 g/mol. The lowest BCUT2D eigenvalue weighted by Crippen LogP contribution is -2.32. The van der Waals surface area contributed by atoms with Gasteiger partial charge < -0.3 is 5.32 Å². The van der Waals surface area contributed by atoms with Crippen LogP contribution < -0.4 is 5.32 Å². The molecule has 2 nitrogen and oxygen atoms in total. The van der Waals surface area contributed by atoms with E-state index < -0.39 is 0 Å². The zero-order valence-corrected chi connectivity index (χ0v) is 13.1. The van der Waals surface area contributed by atoms with Crippen molar-refractivity contribution in [2.45, 2.75) is 65.5 Å². The van der Waals surface area contributed by atoms with Crippen LogP contribution in [0.2, 0.25) is 0 Å². The Bertz CT molecular complexity index is 391. The third-order valence-corrected chi connectivity index (χ3v) is 5.52. The van der Waals surface area contributed by atoms with Crippen LogP contribution in [-0.4, -0.2) is 11.0 Å². The van der Waals surface area contributed by atoms with E-state index in [1.54, 1.807) is 11.3 Å². The van der Waals surface area contributed by atoms with Gasteiger partial charge in [0, 0.05) is 23.4 Å². The number of aromatic nitrogens is 1. The minimum Gasteiger partial charge on any atom is -0.308 e. The molecule has 102 valence electrons. The van der Waals surface area contributed by atoms with Crippen molar-refractivity contribution in [2.24, 2.45) is 11.8 Å². The molecule has 2 rings (SSSR count). The molecule has 1 saturated carbocycles. The lowest BCUT2D eigenvalue weighted by Gasteiger charge is -2.19. The third-order valence-electron chi connectivity index (χ3n) is 4.20. The fraction of sp³-hybridized carbons (Fsp3) is 0.800. The van der Waals surface area contributed by atoms with Crippen LogP contribution in [-0.2, 0) is 12.0 Å². The van der Waals surface area contributed by atoms with Crippen LogP contribution in [0.5, 0.6) is 0 Å². The molecule has 0 aromatic carbocycles. The van der Waals surface area contributed by atoms with E-state index in [4.69, 9.17) is 4.98 Å². The van der Waals surface area contributed by atoms with E-state index in [1.807, 2.05) is 0 Å². The van der Waals surface area contributed by atoms with Crippen molar-refractivity contribution in [2.75, 3.05) is 0 Å². The highest BCUT2D eigenvalue weighted by molar-refractivity contribution is 7.09. The van der Waals surface area contributed by atoms with Crippen LogP contribution in [0.15, 0.2) is 5.38 Å². The van der Waals surface area contributed by atoms with Gasteiger partial charge in [-0.05, 0) is 24.7 Å². The molecule has 1 aliphatic rings. The molecule has 0 spiro atoms. The summed E-state index contributed by atoms with van der Waals surface area (Å²) >= 11 is 1.79. The lowest BCUT2D eigenvalue weighted by atomic mass is 9.98. The van der Waals surface area contributed by atoms with Crippen LogP contribution in [0.3, 0.4) is 0 Å². The molecule has 0 radical (unpaired) electrons. The molecule has 1 heterocycles. The number of hydrogen-bond acceptors (Lipinski definition) is 3. The fourth-order valence-electron chi connectivity index (χ4n) is 2.62. The standard InChI is InChI=1S/C15H26N2S/c1-10-6-7-13(11(10)2)16-8-12-9-18-14(17-12)15(3,4)5/h9-11,13,16H,6-8H2,1-5H3. The smallest absolute Gasteiger partial charge is 0.0982 e. The molecule has 1 aromatic rings. The van der Waals surface area contributed by atoms with Crippen molar-refractivity contribution in [3.8, 4) is 0 Å². The second-order valence-electron chi connectivity index (χ2n) is 6.80. The van der Waals surface area contributed by atoms with Crippen molar-refractivity contribution in [3.05, 3.63) is 16.1 Å². The predicted molar refractivity (Wildman–Crippen MR) is 79.0 cm³/mol. The van der Waals surface area contributed by atoms with Gasteiger partial charge in [0.05, 0.1) is 10.7 Å². The maximum absolute atomic E-state index is 4.74. The largest absolute Gasteiger partial charge is 0.308 e. The molecule has 3 heteroatoms. The Hall–Kier alpha value is -0.410. The monoisotopic (exact) mass is 266 g/mol. The van der Waals surface area contributed by atoms with E-state index >= 15 is 0 Å². The van der Waals surface area contributed by atoms with Gasteiger partial charge in [-0.25, -0.2) is 4.98 Å². The molecule has 0 aliphatic heterocycles. The number of hydrogen-bond donors (Lipinski definition) is 1. The second kappa shape index (κ2) is 5.30. The second-order valence-corrected chi connectivity index (χ2v) is 7.65. The van der Waals surface area contributed by atoms with Crippen LogP contribution in [0.25, 0.3) is 0 Å². The van der Waals surface area contributed by atoms with Gasteiger partial charge in [-0.1, -0.05) is 34.6 Å². The van der Waals surface area contributed by atoms with E-state index in [0.29, 0.717) is 6.04 Å². The van der Waals surface area contributed by atoms with E-state index in [1.165, 1.54) is 23.5 Å². The highest BCUT2D eigenvalue weighted by Gasteiger charge is 2.29. The highest BCUT2D eigenvalue weighted by Crippen LogP contribution is 2.31. The molecule has 3 unspecified atom stereocenters. The molecule has 18 heavy (non-hydrogen) atoms. The van der Waals surface area contributed by atoms with Gasteiger partial charge in [0.15, 0.2) is 0 Å². The molecule has 1 N–H and O–H groups in total. The van der Waals surface area contributed by atoms with E-state index in [9.17, 15) is 0 Å². The van der Waals surface area contributed by atoms with Crippen LogP contribution >= 0.6 is 11.3 Å². The van der Waals surface area contributed by atoms with Crippen LogP contribution in [0.4, 0.5) is 0 Å².